The molecule has 1 atom stereocenters. The van der Waals surface area contributed by atoms with Crippen molar-refractivity contribution in [2.45, 2.75) is 12.8 Å². The van der Waals surface area contributed by atoms with Crippen molar-refractivity contribution in [1.82, 2.24) is 4.90 Å². The fourth-order valence-corrected chi connectivity index (χ4v) is 1.96. The van der Waals surface area contributed by atoms with Crippen molar-refractivity contribution >= 4 is 12.6 Å². The Bertz CT molecular complexity index is 98.3. The molecule has 0 aromatic heterocycles. The first-order valence-corrected chi connectivity index (χ1v) is 4.94. The van der Waals surface area contributed by atoms with Crippen LogP contribution in [0, 0.1) is 5.92 Å². The molecule has 0 aromatic carbocycles. The Labute approximate surface area is 74.0 Å². The highest BCUT2D eigenvalue weighted by molar-refractivity contribution is 7.80. The third kappa shape index (κ3) is 3.01. The van der Waals surface area contributed by atoms with Crippen molar-refractivity contribution in [3.8, 4) is 0 Å². The Balaban J connectivity index is 2.12. The minimum atomic E-state index is 0.347. The normalized spacial score (nSPS) is 26.2. The number of likely N-dealkylation sites (tertiary alicyclic amines) is 1. The van der Waals surface area contributed by atoms with Gasteiger partial charge in [-0.3, -0.25) is 0 Å². The van der Waals surface area contributed by atoms with Crippen molar-refractivity contribution < 1.29 is 5.11 Å². The molecule has 1 fully saturated rings. The summed E-state index contributed by atoms with van der Waals surface area (Å²) in [6, 6.07) is 0. The molecule has 1 rings (SSSR count). The summed E-state index contributed by atoms with van der Waals surface area (Å²) in [5.41, 5.74) is 0. The zero-order valence-electron chi connectivity index (χ0n) is 6.87. The largest absolute Gasteiger partial charge is 0.396 e. The van der Waals surface area contributed by atoms with E-state index in [1.54, 1.807) is 0 Å². The standard InChI is InChI=1S/C8H17NOS/c10-5-2-8-1-3-9(7-8)4-6-11/h8,10-11H,1-7H2. The monoisotopic (exact) mass is 175 g/mol. The number of nitrogens with zero attached hydrogens (tertiary/aromatic N) is 1. The van der Waals surface area contributed by atoms with E-state index in [1.807, 2.05) is 0 Å². The fraction of sp³-hybridized carbons (Fsp3) is 1.00. The highest BCUT2D eigenvalue weighted by Crippen LogP contribution is 2.18. The predicted octanol–water partition coefficient (Wildman–Crippen LogP) is 0.621. The summed E-state index contributed by atoms with van der Waals surface area (Å²) in [6.07, 6.45) is 2.23. The van der Waals surface area contributed by atoms with Crippen molar-refractivity contribution in [3.63, 3.8) is 0 Å². The number of aliphatic hydroxyl groups is 1. The number of aliphatic hydroxyl groups excluding tert-OH is 1. The number of hydrogen-bond acceptors (Lipinski definition) is 3. The van der Waals surface area contributed by atoms with Crippen molar-refractivity contribution in [2.75, 3.05) is 32.0 Å². The van der Waals surface area contributed by atoms with E-state index < -0.39 is 0 Å². The van der Waals surface area contributed by atoms with Gasteiger partial charge >= 0.3 is 0 Å². The van der Waals surface area contributed by atoms with Crippen LogP contribution in [-0.2, 0) is 0 Å². The summed E-state index contributed by atoms with van der Waals surface area (Å²) < 4.78 is 0. The molecule has 0 aromatic rings. The van der Waals surface area contributed by atoms with Gasteiger partial charge < -0.3 is 10.0 Å². The third-order valence-corrected chi connectivity index (χ3v) is 2.52. The smallest absolute Gasteiger partial charge is 0.0434 e. The first-order valence-electron chi connectivity index (χ1n) is 4.31. The van der Waals surface area contributed by atoms with E-state index in [4.69, 9.17) is 5.11 Å². The average Bonchev–Trinajstić information content (AvgIpc) is 2.38. The lowest BCUT2D eigenvalue weighted by molar-refractivity contribution is 0.253. The maximum absolute atomic E-state index is 8.71. The van der Waals surface area contributed by atoms with Gasteiger partial charge in [0.2, 0.25) is 0 Å². The second-order valence-electron chi connectivity index (χ2n) is 3.19. The SMILES string of the molecule is OCCC1CCN(CCS)C1. The predicted molar refractivity (Wildman–Crippen MR) is 50.1 cm³/mol. The average molecular weight is 175 g/mol. The molecule has 1 aliphatic heterocycles. The van der Waals surface area contributed by atoms with Gasteiger partial charge in [0.15, 0.2) is 0 Å². The maximum atomic E-state index is 8.71. The first kappa shape index (κ1) is 9.36. The zero-order valence-corrected chi connectivity index (χ0v) is 7.76. The summed E-state index contributed by atoms with van der Waals surface area (Å²) in [6.45, 7) is 3.82. The molecule has 0 spiro atoms. The van der Waals surface area contributed by atoms with E-state index in [0.717, 1.165) is 24.6 Å². The number of rotatable bonds is 4. The van der Waals surface area contributed by atoms with Crippen LogP contribution >= 0.6 is 12.6 Å². The van der Waals surface area contributed by atoms with Gasteiger partial charge in [-0.05, 0) is 25.3 Å². The van der Waals surface area contributed by atoms with Crippen LogP contribution in [0.2, 0.25) is 0 Å². The molecule has 0 bridgehead atoms. The molecule has 2 nitrogen and oxygen atoms in total. The van der Waals surface area contributed by atoms with Crippen LogP contribution in [0.4, 0.5) is 0 Å². The number of thiol groups is 1. The molecule has 3 heteroatoms. The highest BCUT2D eigenvalue weighted by Gasteiger charge is 2.20. The van der Waals surface area contributed by atoms with Crippen LogP contribution in [0.25, 0.3) is 0 Å². The molecule has 1 unspecified atom stereocenters. The molecule has 0 amide bonds. The van der Waals surface area contributed by atoms with Crippen molar-refractivity contribution in [1.29, 1.82) is 0 Å². The topological polar surface area (TPSA) is 23.5 Å². The summed E-state index contributed by atoms with van der Waals surface area (Å²) in [7, 11) is 0. The molecule has 11 heavy (non-hydrogen) atoms. The van der Waals surface area contributed by atoms with Crippen LogP contribution in [0.15, 0.2) is 0 Å². The molecule has 1 N–H and O–H groups in total. The Morgan fingerprint density at radius 1 is 1.55 bits per heavy atom. The molecule has 1 saturated heterocycles. The Kier molecular flexibility index (Phi) is 4.26. The maximum Gasteiger partial charge on any atom is 0.0434 e. The van der Waals surface area contributed by atoms with Gasteiger partial charge in [-0.1, -0.05) is 0 Å². The summed E-state index contributed by atoms with van der Waals surface area (Å²) >= 11 is 4.19. The van der Waals surface area contributed by atoms with Gasteiger partial charge in [0.1, 0.15) is 0 Å². The Morgan fingerprint density at radius 2 is 2.36 bits per heavy atom. The van der Waals surface area contributed by atoms with Gasteiger partial charge in [0.25, 0.3) is 0 Å². The van der Waals surface area contributed by atoms with E-state index in [0.29, 0.717) is 6.61 Å². The quantitative estimate of drug-likeness (QED) is 0.612. The van der Waals surface area contributed by atoms with Crippen LogP contribution in [0.1, 0.15) is 12.8 Å². The molecule has 1 heterocycles. The van der Waals surface area contributed by atoms with Gasteiger partial charge in [-0.25, -0.2) is 0 Å². The van der Waals surface area contributed by atoms with E-state index >= 15 is 0 Å². The second kappa shape index (κ2) is 5.01. The van der Waals surface area contributed by atoms with Crippen molar-refractivity contribution in [3.05, 3.63) is 0 Å². The molecule has 0 saturated carbocycles. The summed E-state index contributed by atoms with van der Waals surface area (Å²) in [5, 5.41) is 8.71. The minimum absolute atomic E-state index is 0.347. The van der Waals surface area contributed by atoms with Gasteiger partial charge in [-0.2, -0.15) is 12.6 Å². The lowest BCUT2D eigenvalue weighted by Gasteiger charge is -2.13. The molecule has 66 valence electrons. The van der Waals surface area contributed by atoms with Crippen LogP contribution in [-0.4, -0.2) is 42.0 Å². The van der Waals surface area contributed by atoms with Gasteiger partial charge in [-0.15, -0.1) is 0 Å². The zero-order chi connectivity index (χ0) is 8.10. The first-order chi connectivity index (χ1) is 5.36. The fourth-order valence-electron chi connectivity index (χ4n) is 1.68. The Hall–Kier alpha value is 0.270. The summed E-state index contributed by atoms with van der Waals surface area (Å²) in [5.74, 6) is 1.69. The van der Waals surface area contributed by atoms with E-state index in [2.05, 4.69) is 17.5 Å². The molecular weight excluding hydrogens is 158 g/mol. The van der Waals surface area contributed by atoms with E-state index in [9.17, 15) is 0 Å². The van der Waals surface area contributed by atoms with Gasteiger partial charge in [0, 0.05) is 25.4 Å². The second-order valence-corrected chi connectivity index (χ2v) is 3.64. The van der Waals surface area contributed by atoms with E-state index in [-0.39, 0.29) is 0 Å². The van der Waals surface area contributed by atoms with Gasteiger partial charge in [0.05, 0.1) is 0 Å². The molecule has 0 radical (unpaired) electrons. The highest BCUT2D eigenvalue weighted by atomic mass is 32.1. The Morgan fingerprint density at radius 3 is 3.00 bits per heavy atom. The lowest BCUT2D eigenvalue weighted by Crippen LogP contribution is -2.23. The molecule has 0 aliphatic carbocycles. The third-order valence-electron chi connectivity index (χ3n) is 2.32. The van der Waals surface area contributed by atoms with Crippen LogP contribution in [0.3, 0.4) is 0 Å². The lowest BCUT2D eigenvalue weighted by atomic mass is 10.1. The van der Waals surface area contributed by atoms with E-state index in [1.165, 1.54) is 19.5 Å². The molecular formula is C8H17NOS. The summed E-state index contributed by atoms with van der Waals surface area (Å²) in [4.78, 5) is 2.42. The minimum Gasteiger partial charge on any atom is -0.396 e. The van der Waals surface area contributed by atoms with Crippen LogP contribution < -0.4 is 0 Å². The van der Waals surface area contributed by atoms with Crippen molar-refractivity contribution in [2.24, 2.45) is 5.92 Å². The molecule has 1 aliphatic rings. The number of hydrogen-bond donors (Lipinski definition) is 2. The van der Waals surface area contributed by atoms with Crippen LogP contribution in [0.5, 0.6) is 0 Å².